The first-order chi connectivity index (χ1) is 10.8. The molecule has 4 heteroatoms. The Morgan fingerprint density at radius 3 is 2.86 bits per heavy atom. The number of halogens is 1. The number of nitrogens with zero attached hydrogens (tertiary/aromatic N) is 2. The van der Waals surface area contributed by atoms with Crippen LogP contribution in [-0.4, -0.2) is 24.7 Å². The van der Waals surface area contributed by atoms with Gasteiger partial charge in [-0.3, -0.25) is 9.98 Å². The van der Waals surface area contributed by atoms with Crippen LogP contribution in [0.15, 0.2) is 70.2 Å². The maximum Gasteiger partial charge on any atom is 0.141 e. The van der Waals surface area contributed by atoms with Gasteiger partial charge in [0.25, 0.3) is 0 Å². The van der Waals surface area contributed by atoms with E-state index in [0.29, 0.717) is 0 Å². The summed E-state index contributed by atoms with van der Waals surface area (Å²) in [6.45, 7) is 9.36. The highest BCUT2D eigenvalue weighted by Crippen LogP contribution is 2.15. The van der Waals surface area contributed by atoms with Gasteiger partial charge in [0.05, 0.1) is 0 Å². The second-order valence-corrected chi connectivity index (χ2v) is 4.97. The van der Waals surface area contributed by atoms with Crippen molar-refractivity contribution >= 4 is 24.2 Å². The van der Waals surface area contributed by atoms with Crippen LogP contribution >= 0.6 is 11.6 Å². The lowest BCUT2D eigenvalue weighted by molar-refractivity contribution is 0.713. The number of amidine groups is 1. The molecule has 0 saturated heterocycles. The normalized spacial score (nSPS) is 17.3. The summed E-state index contributed by atoms with van der Waals surface area (Å²) in [5, 5.41) is 3.34. The third-order valence-corrected chi connectivity index (χ3v) is 3.41. The molecule has 1 unspecified atom stereocenters. The van der Waals surface area contributed by atoms with Gasteiger partial charge in [-0.25, -0.2) is 0 Å². The first-order valence-electron chi connectivity index (χ1n) is 7.39. The predicted octanol–water partition coefficient (Wildman–Crippen LogP) is 4.55. The Balaban J connectivity index is 2.88. The molecule has 0 radical (unpaired) electrons. The molecule has 0 aromatic carbocycles. The molecule has 0 saturated carbocycles. The van der Waals surface area contributed by atoms with Crippen LogP contribution in [0.5, 0.6) is 0 Å². The fourth-order valence-corrected chi connectivity index (χ4v) is 2.26. The molecule has 0 bridgehead atoms. The van der Waals surface area contributed by atoms with Crippen molar-refractivity contribution in [1.82, 2.24) is 5.32 Å². The summed E-state index contributed by atoms with van der Waals surface area (Å²) in [6.07, 6.45) is 16.8. The molecule has 1 aliphatic rings. The highest BCUT2D eigenvalue weighted by Gasteiger charge is 2.14. The molecule has 0 fully saturated rings. The third kappa shape index (κ3) is 5.86. The maximum atomic E-state index is 5.80. The fourth-order valence-electron chi connectivity index (χ4n) is 2.14. The zero-order valence-electron chi connectivity index (χ0n) is 13.1. The Morgan fingerprint density at radius 2 is 2.32 bits per heavy atom. The van der Waals surface area contributed by atoms with E-state index in [4.69, 9.17) is 11.6 Å². The van der Waals surface area contributed by atoms with E-state index in [1.54, 1.807) is 6.08 Å². The van der Waals surface area contributed by atoms with Crippen LogP contribution in [0.25, 0.3) is 0 Å². The minimum absolute atomic E-state index is 0.207. The van der Waals surface area contributed by atoms with Crippen LogP contribution in [0.2, 0.25) is 0 Å². The Labute approximate surface area is 138 Å². The van der Waals surface area contributed by atoms with E-state index in [1.807, 2.05) is 25.2 Å². The van der Waals surface area contributed by atoms with E-state index in [9.17, 15) is 0 Å². The highest BCUT2D eigenvalue weighted by atomic mass is 35.5. The predicted molar refractivity (Wildman–Crippen MR) is 98.8 cm³/mol. The molecule has 0 aromatic heterocycles. The Kier molecular flexibility index (Phi) is 8.92. The van der Waals surface area contributed by atoms with E-state index >= 15 is 0 Å². The van der Waals surface area contributed by atoms with Gasteiger partial charge in [-0.15, -0.1) is 11.6 Å². The summed E-state index contributed by atoms with van der Waals surface area (Å²) in [4.78, 5) is 8.54. The van der Waals surface area contributed by atoms with Crippen LogP contribution in [0.4, 0.5) is 0 Å². The smallest absolute Gasteiger partial charge is 0.141 e. The van der Waals surface area contributed by atoms with Crippen LogP contribution in [0.1, 0.15) is 26.2 Å². The maximum absolute atomic E-state index is 5.80. The fraction of sp³-hybridized carbons (Fsp3) is 0.333. The summed E-state index contributed by atoms with van der Waals surface area (Å²) in [6, 6.07) is 0.207. The van der Waals surface area contributed by atoms with Crippen molar-refractivity contribution in [3.63, 3.8) is 0 Å². The summed E-state index contributed by atoms with van der Waals surface area (Å²) in [5.41, 5.74) is 2.17. The molecule has 0 aliphatic heterocycles. The van der Waals surface area contributed by atoms with Gasteiger partial charge in [0.2, 0.25) is 0 Å². The molecule has 1 aliphatic carbocycles. The van der Waals surface area contributed by atoms with Gasteiger partial charge in [-0.05, 0) is 38.5 Å². The van der Waals surface area contributed by atoms with E-state index in [2.05, 4.69) is 46.8 Å². The van der Waals surface area contributed by atoms with E-state index < -0.39 is 0 Å². The Bertz CT molecular complexity index is 524. The van der Waals surface area contributed by atoms with Crippen molar-refractivity contribution in [2.24, 2.45) is 9.98 Å². The number of rotatable bonds is 8. The van der Waals surface area contributed by atoms with Gasteiger partial charge < -0.3 is 5.32 Å². The molecule has 0 amide bonds. The SMILES string of the molecule is C=C/C=C\C/C(=C\C)C(N=C)N/C(=N\CCl)C1=CCCC=C1. The van der Waals surface area contributed by atoms with Gasteiger partial charge >= 0.3 is 0 Å². The minimum atomic E-state index is -0.224. The summed E-state index contributed by atoms with van der Waals surface area (Å²) in [7, 11) is 0. The second kappa shape index (κ2) is 10.8. The quantitative estimate of drug-likeness (QED) is 0.175. The van der Waals surface area contributed by atoms with Crippen LogP contribution in [-0.2, 0) is 0 Å². The molecule has 1 atom stereocenters. The molecule has 3 nitrogen and oxygen atoms in total. The van der Waals surface area contributed by atoms with Gasteiger partial charge in [-0.1, -0.05) is 49.1 Å². The number of hydrogen-bond donors (Lipinski definition) is 1. The van der Waals surface area contributed by atoms with Gasteiger partial charge in [0, 0.05) is 5.57 Å². The number of alkyl halides is 1. The van der Waals surface area contributed by atoms with Crippen molar-refractivity contribution in [3.05, 3.63) is 60.3 Å². The first-order valence-corrected chi connectivity index (χ1v) is 7.92. The van der Waals surface area contributed by atoms with Crippen LogP contribution in [0, 0.1) is 0 Å². The number of hydrogen-bond acceptors (Lipinski definition) is 2. The average molecular weight is 318 g/mol. The first kappa shape index (κ1) is 18.2. The Morgan fingerprint density at radius 1 is 1.50 bits per heavy atom. The lowest BCUT2D eigenvalue weighted by Crippen LogP contribution is -2.36. The van der Waals surface area contributed by atoms with Crippen molar-refractivity contribution in [1.29, 1.82) is 0 Å². The summed E-state index contributed by atoms with van der Waals surface area (Å²) in [5.74, 6) is 0.760. The van der Waals surface area contributed by atoms with Crippen molar-refractivity contribution < 1.29 is 0 Å². The lowest BCUT2D eigenvalue weighted by Gasteiger charge is -2.21. The molecule has 0 spiro atoms. The molecular weight excluding hydrogens is 294 g/mol. The van der Waals surface area contributed by atoms with Gasteiger partial charge in [0.15, 0.2) is 0 Å². The summed E-state index contributed by atoms with van der Waals surface area (Å²) < 4.78 is 0. The Hall–Kier alpha value is -1.87. The van der Waals surface area contributed by atoms with Gasteiger partial charge in [0.1, 0.15) is 18.0 Å². The highest BCUT2D eigenvalue weighted by molar-refractivity contribution is 6.18. The molecule has 1 rings (SSSR count). The third-order valence-electron chi connectivity index (χ3n) is 3.29. The molecule has 1 N–H and O–H groups in total. The summed E-state index contributed by atoms with van der Waals surface area (Å²) >= 11 is 5.80. The van der Waals surface area contributed by atoms with E-state index in [1.165, 1.54) is 0 Å². The van der Waals surface area contributed by atoms with E-state index in [0.717, 1.165) is 36.2 Å². The largest absolute Gasteiger partial charge is 0.345 e. The van der Waals surface area contributed by atoms with Crippen molar-refractivity contribution in [2.75, 3.05) is 6.00 Å². The standard InChI is InChI=1S/C18H24ClN3/c1-4-6-8-11-15(5-2)17(20-3)22-18(21-14-19)16-12-9-7-10-13-16/h4-6,8-9,12-13,17H,1,3,7,10-11,14H2,2H3,(H,21,22)/b8-6-,15-5+. The minimum Gasteiger partial charge on any atom is -0.345 e. The topological polar surface area (TPSA) is 36.8 Å². The molecule has 0 aromatic rings. The zero-order valence-corrected chi connectivity index (χ0v) is 13.9. The van der Waals surface area contributed by atoms with Crippen molar-refractivity contribution in [2.45, 2.75) is 32.4 Å². The lowest BCUT2D eigenvalue weighted by atomic mass is 10.0. The molecule has 22 heavy (non-hydrogen) atoms. The monoisotopic (exact) mass is 317 g/mol. The second-order valence-electron chi connectivity index (χ2n) is 4.73. The molecule has 118 valence electrons. The van der Waals surface area contributed by atoms with E-state index in [-0.39, 0.29) is 12.2 Å². The number of aliphatic imine (C=N–C) groups is 2. The van der Waals surface area contributed by atoms with Crippen LogP contribution in [0.3, 0.4) is 0 Å². The van der Waals surface area contributed by atoms with Crippen LogP contribution < -0.4 is 5.32 Å². The van der Waals surface area contributed by atoms with Gasteiger partial charge in [-0.2, -0.15) is 0 Å². The van der Waals surface area contributed by atoms with Crippen molar-refractivity contribution in [3.8, 4) is 0 Å². The number of nitrogens with one attached hydrogen (secondary N) is 1. The average Bonchev–Trinajstić information content (AvgIpc) is 2.57. The zero-order chi connectivity index (χ0) is 16.2. The molecular formula is C18H24ClN3. The molecule has 0 heterocycles. The number of allylic oxidation sites excluding steroid dienone is 6.